The molecule has 0 aliphatic heterocycles. The molecule has 2 rings (SSSR count). The maximum Gasteiger partial charge on any atom is 0.0802 e. The van der Waals surface area contributed by atoms with Crippen LogP contribution in [0.1, 0.15) is 54.9 Å². The fourth-order valence-electron chi connectivity index (χ4n) is 3.16. The number of nitrogens with zero attached hydrogens (tertiary/aromatic N) is 1. The normalized spacial score (nSPS) is 17.0. The second kappa shape index (κ2) is 7.92. The summed E-state index contributed by atoms with van der Waals surface area (Å²) in [5.41, 5.74) is 3.45. The van der Waals surface area contributed by atoms with Crippen LogP contribution in [0.15, 0.2) is 18.2 Å². The van der Waals surface area contributed by atoms with Gasteiger partial charge in [0.15, 0.2) is 0 Å². The molecule has 0 amide bonds. The van der Waals surface area contributed by atoms with Crippen LogP contribution in [0.25, 0.3) is 0 Å². The molecule has 2 N–H and O–H groups in total. The van der Waals surface area contributed by atoms with E-state index in [9.17, 15) is 5.11 Å². The predicted octanol–water partition coefficient (Wildman–Crippen LogP) is 2.96. The summed E-state index contributed by atoms with van der Waals surface area (Å²) in [6, 6.07) is 6.97. The lowest BCUT2D eigenvalue weighted by Gasteiger charge is -2.38. The first-order valence-corrected chi connectivity index (χ1v) is 8.21. The summed E-state index contributed by atoms with van der Waals surface area (Å²) < 4.78 is 0. The molecule has 0 bridgehead atoms. The largest absolute Gasteiger partial charge is 0.396 e. The molecule has 0 radical (unpaired) electrons. The highest BCUT2D eigenvalue weighted by molar-refractivity contribution is 5.29. The number of hydrogen-bond donors (Lipinski definition) is 2. The van der Waals surface area contributed by atoms with Gasteiger partial charge in [-0.2, -0.15) is 0 Å². The van der Waals surface area contributed by atoms with Crippen molar-refractivity contribution in [1.82, 2.24) is 4.90 Å². The maximum atomic E-state index is 10.4. The Labute approximate surface area is 128 Å². The average molecular weight is 291 g/mol. The van der Waals surface area contributed by atoms with E-state index >= 15 is 0 Å². The number of rotatable bonds is 8. The van der Waals surface area contributed by atoms with Crippen molar-refractivity contribution in [1.29, 1.82) is 0 Å². The number of aryl methyl sites for hydroxylation is 2. The molecule has 1 unspecified atom stereocenters. The van der Waals surface area contributed by atoms with Crippen molar-refractivity contribution in [3.8, 4) is 0 Å². The smallest absolute Gasteiger partial charge is 0.0802 e. The van der Waals surface area contributed by atoms with Crippen LogP contribution in [-0.4, -0.2) is 40.9 Å². The Balaban J connectivity index is 1.89. The van der Waals surface area contributed by atoms with Gasteiger partial charge in [0.1, 0.15) is 0 Å². The van der Waals surface area contributed by atoms with E-state index in [0.717, 1.165) is 31.5 Å². The third-order valence-electron chi connectivity index (χ3n) is 4.51. The summed E-state index contributed by atoms with van der Waals surface area (Å²) >= 11 is 0. The second-order valence-corrected chi connectivity index (χ2v) is 6.42. The van der Waals surface area contributed by atoms with Gasteiger partial charge in [0, 0.05) is 25.7 Å². The van der Waals surface area contributed by atoms with Crippen LogP contribution in [0.3, 0.4) is 0 Å². The fraction of sp³-hybridized carbons (Fsp3) is 0.667. The van der Waals surface area contributed by atoms with Gasteiger partial charge in [-0.1, -0.05) is 35.7 Å². The Bertz CT molecular complexity index is 423. The van der Waals surface area contributed by atoms with Crippen LogP contribution in [0, 0.1) is 13.8 Å². The molecule has 1 saturated carbocycles. The van der Waals surface area contributed by atoms with Gasteiger partial charge in [-0.15, -0.1) is 0 Å². The molecule has 118 valence electrons. The minimum Gasteiger partial charge on any atom is -0.396 e. The molecule has 1 aliphatic carbocycles. The van der Waals surface area contributed by atoms with Crippen molar-refractivity contribution in [3.05, 3.63) is 34.9 Å². The fourth-order valence-corrected chi connectivity index (χ4v) is 3.16. The van der Waals surface area contributed by atoms with E-state index in [0.29, 0.717) is 6.04 Å². The average Bonchev–Trinajstić information content (AvgIpc) is 2.38. The number of aliphatic hydroxyl groups is 2. The number of hydrogen-bond acceptors (Lipinski definition) is 3. The molecular weight excluding hydrogens is 262 g/mol. The zero-order chi connectivity index (χ0) is 15.2. The number of benzene rings is 1. The monoisotopic (exact) mass is 291 g/mol. The Hall–Kier alpha value is -0.900. The summed E-state index contributed by atoms with van der Waals surface area (Å²) in [4.78, 5) is 2.45. The molecule has 1 atom stereocenters. The highest BCUT2D eigenvalue weighted by Gasteiger charge is 2.24. The Morgan fingerprint density at radius 3 is 2.33 bits per heavy atom. The van der Waals surface area contributed by atoms with Crippen LogP contribution in [0.2, 0.25) is 0 Å². The summed E-state index contributed by atoms with van der Waals surface area (Å²) in [5, 5.41) is 19.5. The van der Waals surface area contributed by atoms with E-state index < -0.39 is 0 Å². The standard InChI is InChI=1S/C18H29NO2/c1-14-11-15(2)13-16(12-14)18(21)7-9-19(8-4-10-20)17-5-3-6-17/h11-13,17-18,20-21H,3-10H2,1-2H3. The molecule has 0 saturated heterocycles. The van der Waals surface area contributed by atoms with Gasteiger partial charge in [0.05, 0.1) is 6.10 Å². The van der Waals surface area contributed by atoms with Crippen molar-refractivity contribution in [3.63, 3.8) is 0 Å². The first-order chi connectivity index (χ1) is 10.1. The third kappa shape index (κ3) is 4.80. The third-order valence-corrected chi connectivity index (χ3v) is 4.51. The first kappa shape index (κ1) is 16.5. The quantitative estimate of drug-likeness (QED) is 0.774. The summed E-state index contributed by atoms with van der Waals surface area (Å²) in [6.45, 7) is 6.26. The highest BCUT2D eigenvalue weighted by Crippen LogP contribution is 2.27. The van der Waals surface area contributed by atoms with E-state index in [1.54, 1.807) is 0 Å². The predicted molar refractivity (Wildman–Crippen MR) is 86.4 cm³/mol. The zero-order valence-electron chi connectivity index (χ0n) is 13.4. The van der Waals surface area contributed by atoms with Crippen LogP contribution in [-0.2, 0) is 0 Å². The van der Waals surface area contributed by atoms with Crippen LogP contribution >= 0.6 is 0 Å². The van der Waals surface area contributed by atoms with Crippen molar-refractivity contribution >= 4 is 0 Å². The lowest BCUT2D eigenvalue weighted by molar-refractivity contribution is 0.0864. The molecule has 3 nitrogen and oxygen atoms in total. The number of aliphatic hydroxyl groups excluding tert-OH is 2. The van der Waals surface area contributed by atoms with Gasteiger partial charge >= 0.3 is 0 Å². The zero-order valence-corrected chi connectivity index (χ0v) is 13.4. The molecule has 0 aromatic heterocycles. The lowest BCUT2D eigenvalue weighted by atomic mass is 9.91. The molecule has 1 aromatic carbocycles. The Morgan fingerprint density at radius 1 is 1.14 bits per heavy atom. The topological polar surface area (TPSA) is 43.7 Å². The summed E-state index contributed by atoms with van der Waals surface area (Å²) in [6.07, 6.45) is 5.07. The van der Waals surface area contributed by atoms with Crippen molar-refractivity contribution in [2.24, 2.45) is 0 Å². The molecule has 3 heteroatoms. The van der Waals surface area contributed by atoms with Crippen LogP contribution in [0.5, 0.6) is 0 Å². The molecule has 0 spiro atoms. The van der Waals surface area contributed by atoms with Crippen molar-refractivity contribution in [2.45, 2.75) is 58.1 Å². The van der Waals surface area contributed by atoms with Gasteiger partial charge in [-0.25, -0.2) is 0 Å². The second-order valence-electron chi connectivity index (χ2n) is 6.42. The molecule has 21 heavy (non-hydrogen) atoms. The lowest BCUT2D eigenvalue weighted by Crippen LogP contribution is -2.41. The van der Waals surface area contributed by atoms with E-state index in [1.807, 2.05) is 0 Å². The Kier molecular flexibility index (Phi) is 6.22. The minimum absolute atomic E-state index is 0.253. The first-order valence-electron chi connectivity index (χ1n) is 8.21. The highest BCUT2D eigenvalue weighted by atomic mass is 16.3. The van der Waals surface area contributed by atoms with Gasteiger partial charge in [-0.05, 0) is 45.1 Å². The van der Waals surface area contributed by atoms with E-state index in [4.69, 9.17) is 5.11 Å². The van der Waals surface area contributed by atoms with Gasteiger partial charge in [-0.3, -0.25) is 0 Å². The van der Waals surface area contributed by atoms with Crippen molar-refractivity contribution in [2.75, 3.05) is 19.7 Å². The molecule has 1 aromatic rings. The molecule has 1 fully saturated rings. The van der Waals surface area contributed by atoms with Crippen molar-refractivity contribution < 1.29 is 10.2 Å². The molecule has 0 heterocycles. The molecular formula is C18H29NO2. The van der Waals surface area contributed by atoms with E-state index in [1.165, 1.54) is 30.4 Å². The minimum atomic E-state index is -0.389. The SMILES string of the molecule is Cc1cc(C)cc(C(O)CCN(CCCO)C2CCC2)c1. The van der Waals surface area contributed by atoms with Crippen LogP contribution in [0.4, 0.5) is 0 Å². The Morgan fingerprint density at radius 2 is 1.81 bits per heavy atom. The van der Waals surface area contributed by atoms with Gasteiger partial charge in [0.2, 0.25) is 0 Å². The van der Waals surface area contributed by atoms with Gasteiger partial charge < -0.3 is 15.1 Å². The summed E-state index contributed by atoms with van der Waals surface area (Å²) in [5.74, 6) is 0. The van der Waals surface area contributed by atoms with Gasteiger partial charge in [0.25, 0.3) is 0 Å². The van der Waals surface area contributed by atoms with E-state index in [2.05, 4.69) is 36.9 Å². The summed E-state index contributed by atoms with van der Waals surface area (Å²) in [7, 11) is 0. The maximum absolute atomic E-state index is 10.4. The van der Waals surface area contributed by atoms with Crippen LogP contribution < -0.4 is 0 Å². The molecule has 1 aliphatic rings. The van der Waals surface area contributed by atoms with E-state index in [-0.39, 0.29) is 12.7 Å².